The highest BCUT2D eigenvalue weighted by Gasteiger charge is 2.14. The summed E-state index contributed by atoms with van der Waals surface area (Å²) >= 11 is 7.22. The number of carbonyl (C=O) groups is 2. The van der Waals surface area contributed by atoms with Crippen LogP contribution in [0.3, 0.4) is 0 Å². The Balaban J connectivity index is 1.50. The molecule has 0 bridgehead atoms. The van der Waals surface area contributed by atoms with E-state index in [1.165, 1.54) is 25.6 Å². The Bertz CT molecular complexity index is 1070. The van der Waals surface area contributed by atoms with Crippen LogP contribution in [0.15, 0.2) is 47.8 Å². The van der Waals surface area contributed by atoms with Crippen molar-refractivity contribution in [2.45, 2.75) is 12.8 Å². The maximum Gasteiger partial charge on any atom is 0.257 e. The van der Waals surface area contributed by atoms with Crippen LogP contribution in [-0.2, 0) is 17.6 Å². The predicted molar refractivity (Wildman–Crippen MR) is 121 cm³/mol. The maximum atomic E-state index is 12.5. The van der Waals surface area contributed by atoms with Crippen LogP contribution in [0.5, 0.6) is 11.5 Å². The van der Waals surface area contributed by atoms with Gasteiger partial charge in [0.25, 0.3) is 5.91 Å². The average molecular weight is 460 g/mol. The van der Waals surface area contributed by atoms with Crippen LogP contribution >= 0.6 is 22.9 Å². The Labute approximate surface area is 189 Å². The van der Waals surface area contributed by atoms with Crippen molar-refractivity contribution < 1.29 is 19.1 Å². The number of aromatic nitrogens is 1. The standard InChI is InChI=1S/C22H22ClN3O4S/c1-29-18-7-6-15(11-19(18)30-2)21(28)26-22-25-17(13-31-22)12-20(27)24-9-8-14-4-3-5-16(23)10-14/h3-7,10-11,13H,8-9,12H2,1-2H3,(H,24,27)(H,25,26,28). The minimum atomic E-state index is -0.326. The van der Waals surface area contributed by atoms with Crippen molar-refractivity contribution in [3.8, 4) is 11.5 Å². The van der Waals surface area contributed by atoms with Crippen LogP contribution in [0.1, 0.15) is 21.6 Å². The molecule has 9 heteroatoms. The van der Waals surface area contributed by atoms with Crippen molar-refractivity contribution in [3.05, 3.63) is 69.7 Å². The number of methoxy groups -OCH3 is 2. The molecule has 0 unspecified atom stereocenters. The van der Waals surface area contributed by atoms with Crippen LogP contribution in [-0.4, -0.2) is 37.6 Å². The Morgan fingerprint density at radius 3 is 2.65 bits per heavy atom. The second-order valence-electron chi connectivity index (χ2n) is 6.57. The third-order valence-corrected chi connectivity index (χ3v) is 5.43. The number of carbonyl (C=O) groups excluding carboxylic acids is 2. The fourth-order valence-electron chi connectivity index (χ4n) is 2.86. The minimum absolute atomic E-state index is 0.134. The van der Waals surface area contributed by atoms with E-state index in [1.54, 1.807) is 23.6 Å². The SMILES string of the molecule is COc1ccc(C(=O)Nc2nc(CC(=O)NCCc3cccc(Cl)c3)cs2)cc1OC. The first kappa shape index (κ1) is 22.6. The minimum Gasteiger partial charge on any atom is -0.493 e. The van der Waals surface area contributed by atoms with E-state index < -0.39 is 0 Å². The van der Waals surface area contributed by atoms with Gasteiger partial charge in [0, 0.05) is 22.5 Å². The summed E-state index contributed by atoms with van der Waals surface area (Å²) in [6.07, 6.45) is 0.828. The second-order valence-corrected chi connectivity index (χ2v) is 7.87. The lowest BCUT2D eigenvalue weighted by atomic mass is 10.1. The first-order valence-corrected chi connectivity index (χ1v) is 10.7. The van der Waals surface area contributed by atoms with Crippen LogP contribution in [0.4, 0.5) is 5.13 Å². The van der Waals surface area contributed by atoms with E-state index in [-0.39, 0.29) is 18.2 Å². The Morgan fingerprint density at radius 1 is 1.10 bits per heavy atom. The lowest BCUT2D eigenvalue weighted by molar-refractivity contribution is -0.120. The number of benzene rings is 2. The lowest BCUT2D eigenvalue weighted by Crippen LogP contribution is -2.27. The number of ether oxygens (including phenoxy) is 2. The molecule has 1 heterocycles. The lowest BCUT2D eigenvalue weighted by Gasteiger charge is -2.09. The molecule has 0 aliphatic heterocycles. The maximum absolute atomic E-state index is 12.5. The number of nitrogens with zero attached hydrogens (tertiary/aromatic N) is 1. The Hall–Kier alpha value is -3.10. The zero-order valence-electron chi connectivity index (χ0n) is 17.1. The van der Waals surface area contributed by atoms with Crippen molar-refractivity contribution >= 4 is 39.9 Å². The zero-order chi connectivity index (χ0) is 22.2. The van der Waals surface area contributed by atoms with E-state index in [0.29, 0.717) is 45.9 Å². The molecule has 1 aromatic heterocycles. The van der Waals surface area contributed by atoms with E-state index in [0.717, 1.165) is 5.56 Å². The van der Waals surface area contributed by atoms with Crippen molar-refractivity contribution in [1.29, 1.82) is 0 Å². The number of hydrogen-bond acceptors (Lipinski definition) is 6. The smallest absolute Gasteiger partial charge is 0.257 e. The highest BCUT2D eigenvalue weighted by molar-refractivity contribution is 7.14. The fourth-order valence-corrected chi connectivity index (χ4v) is 3.78. The van der Waals surface area contributed by atoms with Gasteiger partial charge in [-0.3, -0.25) is 14.9 Å². The second kappa shape index (κ2) is 10.8. The number of nitrogens with one attached hydrogen (secondary N) is 2. The monoisotopic (exact) mass is 459 g/mol. The summed E-state index contributed by atoms with van der Waals surface area (Å²) in [6.45, 7) is 0.506. The molecule has 31 heavy (non-hydrogen) atoms. The predicted octanol–water partition coefficient (Wildman–Crippen LogP) is 3.97. The van der Waals surface area contributed by atoms with Crippen LogP contribution in [0.2, 0.25) is 5.02 Å². The average Bonchev–Trinajstić information content (AvgIpc) is 3.19. The first-order chi connectivity index (χ1) is 15.0. The molecule has 2 aromatic carbocycles. The molecule has 3 aromatic rings. The molecule has 162 valence electrons. The zero-order valence-corrected chi connectivity index (χ0v) is 18.7. The fraction of sp³-hybridized carbons (Fsp3) is 0.227. The number of anilines is 1. The van der Waals surface area contributed by atoms with Gasteiger partial charge in [-0.05, 0) is 42.3 Å². The molecule has 0 aliphatic rings. The molecule has 0 aliphatic carbocycles. The Kier molecular flexibility index (Phi) is 7.86. The van der Waals surface area contributed by atoms with E-state index >= 15 is 0 Å². The van der Waals surface area contributed by atoms with Gasteiger partial charge in [-0.2, -0.15) is 0 Å². The molecule has 7 nitrogen and oxygen atoms in total. The van der Waals surface area contributed by atoms with Crippen molar-refractivity contribution in [2.75, 3.05) is 26.1 Å². The molecule has 0 saturated heterocycles. The summed E-state index contributed by atoms with van der Waals surface area (Å²) in [6, 6.07) is 12.4. The normalized spacial score (nSPS) is 10.4. The number of hydrogen-bond donors (Lipinski definition) is 2. The third kappa shape index (κ3) is 6.44. The van der Waals surface area contributed by atoms with E-state index in [2.05, 4.69) is 15.6 Å². The number of rotatable bonds is 9. The largest absolute Gasteiger partial charge is 0.493 e. The van der Waals surface area contributed by atoms with Gasteiger partial charge >= 0.3 is 0 Å². The molecule has 0 fully saturated rings. The molecule has 3 rings (SSSR count). The van der Waals surface area contributed by atoms with Gasteiger partial charge in [0.2, 0.25) is 5.91 Å². The molecule has 2 amide bonds. The van der Waals surface area contributed by atoms with E-state index in [4.69, 9.17) is 21.1 Å². The van der Waals surface area contributed by atoms with Crippen LogP contribution < -0.4 is 20.1 Å². The number of amides is 2. The van der Waals surface area contributed by atoms with E-state index in [9.17, 15) is 9.59 Å². The highest BCUT2D eigenvalue weighted by Crippen LogP contribution is 2.28. The van der Waals surface area contributed by atoms with Gasteiger partial charge in [-0.1, -0.05) is 23.7 Å². The first-order valence-electron chi connectivity index (χ1n) is 9.47. The van der Waals surface area contributed by atoms with E-state index in [1.807, 2.05) is 24.3 Å². The number of halogens is 1. The summed E-state index contributed by atoms with van der Waals surface area (Å²) in [4.78, 5) is 29.0. The van der Waals surface area contributed by atoms with Gasteiger partial charge < -0.3 is 14.8 Å². The molecule has 0 spiro atoms. The van der Waals surface area contributed by atoms with Gasteiger partial charge in [0.15, 0.2) is 16.6 Å². The molecule has 0 atom stereocenters. The highest BCUT2D eigenvalue weighted by atomic mass is 35.5. The summed E-state index contributed by atoms with van der Waals surface area (Å²) in [5.74, 6) is 0.541. The molecular weight excluding hydrogens is 438 g/mol. The third-order valence-electron chi connectivity index (χ3n) is 4.38. The van der Waals surface area contributed by atoms with Gasteiger partial charge in [-0.15, -0.1) is 11.3 Å². The van der Waals surface area contributed by atoms with Gasteiger partial charge in [0.1, 0.15) is 0 Å². The van der Waals surface area contributed by atoms with Gasteiger partial charge in [0.05, 0.1) is 26.3 Å². The van der Waals surface area contributed by atoms with Crippen molar-refractivity contribution in [2.24, 2.45) is 0 Å². The summed E-state index contributed by atoms with van der Waals surface area (Å²) in [7, 11) is 3.04. The summed E-state index contributed by atoms with van der Waals surface area (Å²) < 4.78 is 10.4. The van der Waals surface area contributed by atoms with Crippen LogP contribution in [0, 0.1) is 0 Å². The molecular formula is C22H22ClN3O4S. The quantitative estimate of drug-likeness (QED) is 0.505. The van der Waals surface area contributed by atoms with Crippen molar-refractivity contribution in [3.63, 3.8) is 0 Å². The van der Waals surface area contributed by atoms with Crippen LogP contribution in [0.25, 0.3) is 0 Å². The number of thiazole rings is 1. The summed E-state index contributed by atoms with van der Waals surface area (Å²) in [5.41, 5.74) is 2.06. The Morgan fingerprint density at radius 2 is 1.90 bits per heavy atom. The van der Waals surface area contributed by atoms with Gasteiger partial charge in [-0.25, -0.2) is 4.98 Å². The summed E-state index contributed by atoms with van der Waals surface area (Å²) in [5, 5.41) is 8.45. The topological polar surface area (TPSA) is 89.5 Å². The molecule has 0 radical (unpaired) electrons. The molecule has 2 N–H and O–H groups in total. The van der Waals surface area contributed by atoms with Crippen molar-refractivity contribution in [1.82, 2.24) is 10.3 Å². The molecule has 0 saturated carbocycles.